The van der Waals surface area contributed by atoms with E-state index in [2.05, 4.69) is 30.5 Å². The standard InChI is InChI=1S/C14H17NOS/c1-10(14(15)13-4-3-9-17-13)11-5-7-12(16-2)8-6-11/h3-10,14H,15H2,1-2H3. The van der Waals surface area contributed by atoms with Crippen LogP contribution in [-0.2, 0) is 0 Å². The Labute approximate surface area is 106 Å². The van der Waals surface area contributed by atoms with Gasteiger partial charge in [-0.15, -0.1) is 11.3 Å². The lowest BCUT2D eigenvalue weighted by Crippen LogP contribution is -2.16. The average molecular weight is 247 g/mol. The second kappa shape index (κ2) is 5.34. The zero-order chi connectivity index (χ0) is 12.3. The predicted molar refractivity (Wildman–Crippen MR) is 72.7 cm³/mol. The molecule has 0 aliphatic heterocycles. The van der Waals surface area contributed by atoms with Crippen molar-refractivity contribution in [3.8, 4) is 5.75 Å². The number of hydrogen-bond acceptors (Lipinski definition) is 3. The topological polar surface area (TPSA) is 35.2 Å². The Morgan fingerprint density at radius 3 is 2.41 bits per heavy atom. The van der Waals surface area contributed by atoms with Gasteiger partial charge < -0.3 is 10.5 Å². The molecule has 2 nitrogen and oxygen atoms in total. The summed E-state index contributed by atoms with van der Waals surface area (Å²) in [5, 5.41) is 2.07. The van der Waals surface area contributed by atoms with E-state index < -0.39 is 0 Å². The van der Waals surface area contributed by atoms with Gasteiger partial charge in [0.05, 0.1) is 7.11 Å². The van der Waals surface area contributed by atoms with Crippen LogP contribution in [0.15, 0.2) is 41.8 Å². The van der Waals surface area contributed by atoms with Crippen molar-refractivity contribution in [3.63, 3.8) is 0 Å². The molecule has 1 aromatic heterocycles. The van der Waals surface area contributed by atoms with Crippen LogP contribution in [0.25, 0.3) is 0 Å². The van der Waals surface area contributed by atoms with E-state index in [0.29, 0.717) is 5.92 Å². The fourth-order valence-corrected chi connectivity index (χ4v) is 2.67. The Hall–Kier alpha value is -1.32. The molecule has 2 aromatic rings. The summed E-state index contributed by atoms with van der Waals surface area (Å²) >= 11 is 1.71. The molecule has 3 heteroatoms. The van der Waals surface area contributed by atoms with Crippen molar-refractivity contribution < 1.29 is 4.74 Å². The summed E-state index contributed by atoms with van der Waals surface area (Å²) in [5.41, 5.74) is 7.51. The molecule has 0 saturated carbocycles. The normalized spacial score (nSPS) is 14.3. The molecule has 2 rings (SSSR count). The van der Waals surface area contributed by atoms with Gasteiger partial charge in [-0.05, 0) is 29.1 Å². The van der Waals surface area contributed by atoms with Crippen LogP contribution in [0, 0.1) is 0 Å². The molecule has 0 amide bonds. The van der Waals surface area contributed by atoms with Crippen LogP contribution in [0.5, 0.6) is 5.75 Å². The van der Waals surface area contributed by atoms with Crippen LogP contribution < -0.4 is 10.5 Å². The minimum absolute atomic E-state index is 0.0587. The monoisotopic (exact) mass is 247 g/mol. The summed E-state index contributed by atoms with van der Waals surface area (Å²) in [7, 11) is 1.68. The number of rotatable bonds is 4. The summed E-state index contributed by atoms with van der Waals surface area (Å²) in [6.07, 6.45) is 0. The molecule has 90 valence electrons. The zero-order valence-electron chi connectivity index (χ0n) is 10.1. The average Bonchev–Trinajstić information content (AvgIpc) is 2.91. The minimum Gasteiger partial charge on any atom is -0.497 e. The molecule has 0 fully saturated rings. The first-order chi connectivity index (χ1) is 8.22. The fraction of sp³-hybridized carbons (Fsp3) is 0.286. The maximum Gasteiger partial charge on any atom is 0.118 e. The molecule has 1 heterocycles. The number of thiophene rings is 1. The van der Waals surface area contributed by atoms with Crippen molar-refractivity contribution in [2.45, 2.75) is 18.9 Å². The Kier molecular flexibility index (Phi) is 3.82. The van der Waals surface area contributed by atoms with E-state index in [4.69, 9.17) is 10.5 Å². The van der Waals surface area contributed by atoms with Gasteiger partial charge in [0.25, 0.3) is 0 Å². The van der Waals surface area contributed by atoms with Gasteiger partial charge in [0, 0.05) is 16.8 Å². The quantitative estimate of drug-likeness (QED) is 0.896. The van der Waals surface area contributed by atoms with Gasteiger partial charge in [-0.3, -0.25) is 0 Å². The van der Waals surface area contributed by atoms with Crippen LogP contribution in [-0.4, -0.2) is 7.11 Å². The highest BCUT2D eigenvalue weighted by Gasteiger charge is 2.17. The number of ether oxygens (including phenoxy) is 1. The summed E-state index contributed by atoms with van der Waals surface area (Å²) in [6.45, 7) is 2.16. The largest absolute Gasteiger partial charge is 0.497 e. The maximum absolute atomic E-state index is 6.26. The molecule has 1 aromatic carbocycles. The molecule has 0 aliphatic rings. The lowest BCUT2D eigenvalue weighted by Gasteiger charge is -2.19. The van der Waals surface area contributed by atoms with Crippen LogP contribution in [0.1, 0.15) is 29.3 Å². The van der Waals surface area contributed by atoms with Gasteiger partial charge in [0.2, 0.25) is 0 Å². The highest BCUT2D eigenvalue weighted by atomic mass is 32.1. The molecule has 2 N–H and O–H groups in total. The van der Waals surface area contributed by atoms with Crippen molar-refractivity contribution in [2.75, 3.05) is 7.11 Å². The van der Waals surface area contributed by atoms with Gasteiger partial charge in [-0.2, -0.15) is 0 Å². The van der Waals surface area contributed by atoms with Crippen LogP contribution in [0.4, 0.5) is 0 Å². The molecule has 0 bridgehead atoms. The molecule has 2 unspecified atom stereocenters. The SMILES string of the molecule is COc1ccc(C(C)C(N)c2cccs2)cc1. The van der Waals surface area contributed by atoms with Crippen molar-refractivity contribution >= 4 is 11.3 Å². The number of nitrogens with two attached hydrogens (primary N) is 1. The molecular formula is C14H17NOS. The number of benzene rings is 1. The van der Waals surface area contributed by atoms with Gasteiger partial charge >= 0.3 is 0 Å². The smallest absolute Gasteiger partial charge is 0.118 e. The first kappa shape index (κ1) is 12.1. The van der Waals surface area contributed by atoms with Crippen molar-refractivity contribution in [3.05, 3.63) is 52.2 Å². The van der Waals surface area contributed by atoms with E-state index in [9.17, 15) is 0 Å². The maximum atomic E-state index is 6.26. The van der Waals surface area contributed by atoms with Crippen molar-refractivity contribution in [1.82, 2.24) is 0 Å². The Morgan fingerprint density at radius 1 is 1.18 bits per heavy atom. The van der Waals surface area contributed by atoms with Crippen LogP contribution in [0.2, 0.25) is 0 Å². The highest BCUT2D eigenvalue weighted by molar-refractivity contribution is 7.10. The highest BCUT2D eigenvalue weighted by Crippen LogP contribution is 2.31. The summed E-state index contributed by atoms with van der Waals surface area (Å²) < 4.78 is 5.15. The van der Waals surface area contributed by atoms with Crippen LogP contribution >= 0.6 is 11.3 Å². The van der Waals surface area contributed by atoms with E-state index in [-0.39, 0.29) is 6.04 Å². The van der Waals surface area contributed by atoms with E-state index in [0.717, 1.165) is 5.75 Å². The minimum atomic E-state index is 0.0587. The Balaban J connectivity index is 2.16. The van der Waals surface area contributed by atoms with Gasteiger partial charge in [0.1, 0.15) is 5.75 Å². The first-order valence-corrected chi connectivity index (χ1v) is 6.53. The van der Waals surface area contributed by atoms with Crippen molar-refractivity contribution in [2.24, 2.45) is 5.73 Å². The van der Waals surface area contributed by atoms with Crippen LogP contribution in [0.3, 0.4) is 0 Å². The second-order valence-corrected chi connectivity index (χ2v) is 5.08. The molecule has 17 heavy (non-hydrogen) atoms. The molecule has 0 radical (unpaired) electrons. The van der Waals surface area contributed by atoms with E-state index >= 15 is 0 Å². The molecule has 0 saturated heterocycles. The summed E-state index contributed by atoms with van der Waals surface area (Å²) in [6, 6.07) is 12.3. The fourth-order valence-electron chi connectivity index (χ4n) is 1.84. The molecule has 2 atom stereocenters. The van der Waals surface area contributed by atoms with Gasteiger partial charge in [-0.25, -0.2) is 0 Å². The number of hydrogen-bond donors (Lipinski definition) is 1. The van der Waals surface area contributed by atoms with Crippen molar-refractivity contribution in [1.29, 1.82) is 0 Å². The molecular weight excluding hydrogens is 230 g/mol. The zero-order valence-corrected chi connectivity index (χ0v) is 10.9. The third-order valence-corrected chi connectivity index (χ3v) is 4.03. The third kappa shape index (κ3) is 2.68. The molecule has 0 spiro atoms. The van der Waals surface area contributed by atoms with Gasteiger partial charge in [0.15, 0.2) is 0 Å². The molecule has 0 aliphatic carbocycles. The van der Waals surface area contributed by atoms with Gasteiger partial charge in [-0.1, -0.05) is 25.1 Å². The third-order valence-electron chi connectivity index (χ3n) is 3.05. The number of methoxy groups -OCH3 is 1. The lowest BCUT2D eigenvalue weighted by molar-refractivity contribution is 0.414. The lowest BCUT2D eigenvalue weighted by atomic mass is 9.93. The van der Waals surface area contributed by atoms with E-state index in [1.54, 1.807) is 18.4 Å². The van der Waals surface area contributed by atoms with E-state index in [1.165, 1.54) is 10.4 Å². The second-order valence-electron chi connectivity index (χ2n) is 4.10. The first-order valence-electron chi connectivity index (χ1n) is 5.65. The Morgan fingerprint density at radius 2 is 1.88 bits per heavy atom. The van der Waals surface area contributed by atoms with E-state index in [1.807, 2.05) is 18.2 Å². The Bertz CT molecular complexity index is 450. The summed E-state index contributed by atoms with van der Waals surface area (Å²) in [4.78, 5) is 1.23. The summed E-state index contributed by atoms with van der Waals surface area (Å²) in [5.74, 6) is 1.19. The predicted octanol–water partition coefficient (Wildman–Crippen LogP) is 3.56.